The molecular weight excluding hydrogens is 308 g/mol. The molecule has 22 heavy (non-hydrogen) atoms. The Balaban J connectivity index is 2.19. The molecule has 0 bridgehead atoms. The largest absolute Gasteiger partial charge is 0.508 e. The summed E-state index contributed by atoms with van der Waals surface area (Å²) in [7, 11) is -3.62. The first-order chi connectivity index (χ1) is 10.3. The van der Waals surface area contributed by atoms with E-state index in [2.05, 4.69) is 14.7 Å². The van der Waals surface area contributed by atoms with Gasteiger partial charge in [0.2, 0.25) is 11.5 Å². The Labute approximate surface area is 126 Å². The summed E-state index contributed by atoms with van der Waals surface area (Å²) in [6.45, 7) is -0.150. The zero-order valence-electron chi connectivity index (χ0n) is 11.7. The quantitative estimate of drug-likeness (QED) is 0.774. The Morgan fingerprint density at radius 2 is 2.05 bits per heavy atom. The van der Waals surface area contributed by atoms with Crippen LogP contribution in [0.5, 0.6) is 5.75 Å². The van der Waals surface area contributed by atoms with Gasteiger partial charge in [0.25, 0.3) is 10.0 Å². The molecule has 0 aliphatic rings. The minimum atomic E-state index is -3.62. The van der Waals surface area contributed by atoms with Crippen molar-refractivity contribution in [2.75, 3.05) is 11.6 Å². The normalized spacial score (nSPS) is 12.1. The molecule has 116 valence electrons. The van der Waals surface area contributed by atoms with Crippen LogP contribution in [0.1, 0.15) is 0 Å². The van der Waals surface area contributed by atoms with Gasteiger partial charge in [-0.2, -0.15) is 0 Å². The van der Waals surface area contributed by atoms with Crippen LogP contribution in [-0.4, -0.2) is 35.2 Å². The average molecular weight is 322 g/mol. The van der Waals surface area contributed by atoms with Crippen molar-refractivity contribution in [1.29, 1.82) is 0 Å². The molecule has 2 aromatic rings. The molecule has 0 spiro atoms. The fourth-order valence-corrected chi connectivity index (χ4v) is 2.09. The lowest BCUT2D eigenvalue weighted by molar-refractivity contribution is -0.116. The first-order valence-corrected chi connectivity index (χ1v) is 8.05. The summed E-state index contributed by atoms with van der Waals surface area (Å²) in [6.07, 6.45) is 3.84. The number of nitrogens with zero attached hydrogens (tertiary/aromatic N) is 3. The third-order valence-electron chi connectivity index (χ3n) is 2.51. The van der Waals surface area contributed by atoms with Gasteiger partial charge in [0.15, 0.2) is 0 Å². The number of phenolic OH excluding ortho intramolecular Hbond substituents is 1. The van der Waals surface area contributed by atoms with E-state index in [1.54, 1.807) is 18.2 Å². The van der Waals surface area contributed by atoms with E-state index in [0.717, 1.165) is 6.26 Å². The van der Waals surface area contributed by atoms with Gasteiger partial charge in [0.05, 0.1) is 6.26 Å². The zero-order valence-corrected chi connectivity index (χ0v) is 12.5. The number of nitrogens with one attached hydrogen (secondary N) is 1. The van der Waals surface area contributed by atoms with Gasteiger partial charge in [-0.25, -0.2) is 13.4 Å². The topological polar surface area (TPSA) is 114 Å². The van der Waals surface area contributed by atoms with Crippen molar-refractivity contribution >= 4 is 21.6 Å². The number of aromatic hydroxyl groups is 1. The lowest BCUT2D eigenvalue weighted by Gasteiger charge is -2.08. The van der Waals surface area contributed by atoms with Gasteiger partial charge in [0, 0.05) is 18.1 Å². The highest BCUT2D eigenvalue weighted by molar-refractivity contribution is 7.89. The molecule has 2 rings (SSSR count). The van der Waals surface area contributed by atoms with Crippen LogP contribution in [-0.2, 0) is 21.4 Å². The molecule has 0 saturated heterocycles. The number of benzene rings is 1. The van der Waals surface area contributed by atoms with Gasteiger partial charge in [-0.3, -0.25) is 4.79 Å². The van der Waals surface area contributed by atoms with Crippen LogP contribution in [0.2, 0.25) is 0 Å². The number of sulfonamides is 1. The standard InChI is InChI=1S/C13H14N4O4S/c1-22(20,21)16-13-14-7-2-8-17(13)9-12(19)15-10-3-5-11(18)6-4-10/h2-8,18H,9H2,1H3,(H,15,19)/b16-13+. The minimum absolute atomic E-state index is 0.0779. The molecule has 1 aromatic heterocycles. The van der Waals surface area contributed by atoms with Gasteiger partial charge in [-0.05, 0) is 30.3 Å². The van der Waals surface area contributed by atoms with Crippen LogP contribution in [0.3, 0.4) is 0 Å². The monoisotopic (exact) mass is 322 g/mol. The molecule has 0 atom stereocenters. The highest BCUT2D eigenvalue weighted by Crippen LogP contribution is 2.13. The first kappa shape index (κ1) is 15.7. The van der Waals surface area contributed by atoms with Crippen LogP contribution in [0, 0.1) is 0 Å². The van der Waals surface area contributed by atoms with Gasteiger partial charge in [0.1, 0.15) is 12.3 Å². The molecule has 1 amide bonds. The van der Waals surface area contributed by atoms with Crippen molar-refractivity contribution in [3.8, 4) is 5.75 Å². The van der Waals surface area contributed by atoms with E-state index in [1.807, 2.05) is 0 Å². The molecule has 8 nitrogen and oxygen atoms in total. The fraction of sp³-hybridized carbons (Fsp3) is 0.154. The van der Waals surface area contributed by atoms with Crippen LogP contribution >= 0.6 is 0 Å². The number of carbonyl (C=O) groups excluding carboxylic acids is 1. The summed E-state index contributed by atoms with van der Waals surface area (Å²) in [5, 5.41) is 11.8. The smallest absolute Gasteiger partial charge is 0.253 e. The average Bonchev–Trinajstić information content (AvgIpc) is 2.42. The number of amides is 1. The van der Waals surface area contributed by atoms with Crippen LogP contribution in [0.4, 0.5) is 5.69 Å². The number of phenols is 1. The van der Waals surface area contributed by atoms with E-state index in [4.69, 9.17) is 0 Å². The highest BCUT2D eigenvalue weighted by atomic mass is 32.2. The predicted molar refractivity (Wildman–Crippen MR) is 79.4 cm³/mol. The van der Waals surface area contributed by atoms with Crippen LogP contribution in [0.25, 0.3) is 0 Å². The molecule has 0 fully saturated rings. The van der Waals surface area contributed by atoms with E-state index >= 15 is 0 Å². The summed E-state index contributed by atoms with van der Waals surface area (Å²) in [4.78, 5) is 15.8. The van der Waals surface area contributed by atoms with E-state index in [0.29, 0.717) is 5.69 Å². The number of anilines is 1. The number of hydrogen-bond acceptors (Lipinski definition) is 5. The van der Waals surface area contributed by atoms with E-state index in [-0.39, 0.29) is 23.8 Å². The van der Waals surface area contributed by atoms with E-state index < -0.39 is 10.0 Å². The number of aromatic nitrogens is 2. The molecule has 0 unspecified atom stereocenters. The van der Waals surface area contributed by atoms with Crippen molar-refractivity contribution in [1.82, 2.24) is 9.55 Å². The van der Waals surface area contributed by atoms with E-state index in [9.17, 15) is 18.3 Å². The second-order valence-corrected chi connectivity index (χ2v) is 6.12. The lowest BCUT2D eigenvalue weighted by atomic mass is 10.3. The zero-order chi connectivity index (χ0) is 16.2. The number of rotatable bonds is 4. The summed E-state index contributed by atoms with van der Waals surface area (Å²) in [5.74, 6) is -0.289. The molecular formula is C13H14N4O4S. The van der Waals surface area contributed by atoms with Crippen molar-refractivity contribution in [3.05, 3.63) is 48.3 Å². The second kappa shape index (κ2) is 6.39. The number of hydrogen-bond donors (Lipinski definition) is 2. The third kappa shape index (κ3) is 4.70. The lowest BCUT2D eigenvalue weighted by Crippen LogP contribution is -2.30. The van der Waals surface area contributed by atoms with Crippen molar-refractivity contribution in [2.45, 2.75) is 6.54 Å². The van der Waals surface area contributed by atoms with Gasteiger partial charge >= 0.3 is 0 Å². The SMILES string of the molecule is CS(=O)(=O)/N=c1\ncccn1CC(=O)Nc1ccc(O)cc1. The Bertz CT molecular complexity index is 841. The maximum Gasteiger partial charge on any atom is 0.253 e. The van der Waals surface area contributed by atoms with Gasteiger partial charge in [-0.15, -0.1) is 4.40 Å². The molecule has 0 radical (unpaired) electrons. The molecule has 0 saturated carbocycles. The van der Waals surface area contributed by atoms with Gasteiger partial charge in [-0.1, -0.05) is 0 Å². The van der Waals surface area contributed by atoms with Crippen molar-refractivity contribution in [3.63, 3.8) is 0 Å². The Hall–Kier alpha value is -2.68. The van der Waals surface area contributed by atoms with Crippen LogP contribution < -0.4 is 10.9 Å². The molecule has 2 N–H and O–H groups in total. The molecule has 0 aliphatic heterocycles. The highest BCUT2D eigenvalue weighted by Gasteiger charge is 2.06. The molecule has 1 aromatic carbocycles. The summed E-state index contributed by atoms with van der Waals surface area (Å²) < 4.78 is 27.2. The van der Waals surface area contributed by atoms with Crippen molar-refractivity contribution < 1.29 is 18.3 Å². The summed E-state index contributed by atoms with van der Waals surface area (Å²) in [6, 6.07) is 7.54. The first-order valence-electron chi connectivity index (χ1n) is 6.20. The third-order valence-corrected chi connectivity index (χ3v) is 3.01. The predicted octanol–water partition coefficient (Wildman–Crippen LogP) is 0.0877. The molecule has 0 aliphatic carbocycles. The number of carbonyl (C=O) groups is 1. The summed E-state index contributed by atoms with van der Waals surface area (Å²) in [5.41, 5.74) is 0.430. The van der Waals surface area contributed by atoms with Crippen LogP contribution in [0.15, 0.2) is 47.1 Å². The Kier molecular flexibility index (Phi) is 4.56. The molecule has 1 heterocycles. The second-order valence-electron chi connectivity index (χ2n) is 4.47. The Morgan fingerprint density at radius 3 is 2.68 bits per heavy atom. The van der Waals surface area contributed by atoms with E-state index in [1.165, 1.54) is 29.1 Å². The fourth-order valence-electron chi connectivity index (χ4n) is 1.64. The maximum absolute atomic E-state index is 12.0. The van der Waals surface area contributed by atoms with Gasteiger partial charge < -0.3 is 15.0 Å². The molecule has 9 heteroatoms. The summed E-state index contributed by atoms with van der Waals surface area (Å²) >= 11 is 0. The van der Waals surface area contributed by atoms with Crippen molar-refractivity contribution in [2.24, 2.45) is 4.40 Å². The Morgan fingerprint density at radius 1 is 1.36 bits per heavy atom. The minimum Gasteiger partial charge on any atom is -0.508 e. The maximum atomic E-state index is 12.0.